The highest BCUT2D eigenvalue weighted by atomic mass is 19.2. The van der Waals surface area contributed by atoms with Crippen LogP contribution in [0.5, 0.6) is 0 Å². The number of carbonyl (C=O) groups excluding carboxylic acids is 2. The van der Waals surface area contributed by atoms with Gasteiger partial charge in [-0.25, -0.2) is 13.5 Å². The Morgan fingerprint density at radius 1 is 1.26 bits per heavy atom. The molecule has 2 aromatic rings. The molecule has 2 aliphatic rings. The van der Waals surface area contributed by atoms with Gasteiger partial charge in [-0.3, -0.25) is 9.59 Å². The van der Waals surface area contributed by atoms with E-state index in [9.17, 15) is 23.5 Å². The SMILES string of the molecule is CC(C)(C)[C@@H](C(=O)N1CC(O)CC1C(=O)NCCc1cccc(F)c1F)n1cc(C2CC2)nn1. The summed E-state index contributed by atoms with van der Waals surface area (Å²) < 4.78 is 28.9. The van der Waals surface area contributed by atoms with Gasteiger partial charge < -0.3 is 15.3 Å². The Hall–Kier alpha value is -2.88. The van der Waals surface area contributed by atoms with E-state index in [1.807, 2.05) is 20.8 Å². The molecule has 184 valence electrons. The van der Waals surface area contributed by atoms with Crippen molar-refractivity contribution in [2.45, 2.75) is 70.6 Å². The Morgan fingerprint density at radius 3 is 2.68 bits per heavy atom. The Bertz CT molecular complexity index is 1060. The molecule has 0 spiro atoms. The van der Waals surface area contributed by atoms with Crippen molar-refractivity contribution in [3.8, 4) is 0 Å². The van der Waals surface area contributed by atoms with Crippen molar-refractivity contribution < 1.29 is 23.5 Å². The highest BCUT2D eigenvalue weighted by molar-refractivity contribution is 5.90. The molecule has 1 aliphatic heterocycles. The first-order valence-electron chi connectivity index (χ1n) is 11.7. The fourth-order valence-corrected chi connectivity index (χ4v) is 4.51. The minimum absolute atomic E-state index is 0.0339. The Balaban J connectivity index is 1.46. The van der Waals surface area contributed by atoms with E-state index in [1.54, 1.807) is 10.9 Å². The molecule has 0 bridgehead atoms. The largest absolute Gasteiger partial charge is 0.391 e. The maximum absolute atomic E-state index is 13.9. The van der Waals surface area contributed by atoms with Crippen LogP contribution in [0.15, 0.2) is 24.4 Å². The molecule has 10 heteroatoms. The number of nitrogens with one attached hydrogen (secondary N) is 1. The van der Waals surface area contributed by atoms with Crippen molar-refractivity contribution in [2.24, 2.45) is 5.41 Å². The number of hydrogen-bond donors (Lipinski definition) is 2. The van der Waals surface area contributed by atoms with Gasteiger partial charge in [0.2, 0.25) is 11.8 Å². The molecule has 4 rings (SSSR count). The molecule has 2 unspecified atom stereocenters. The van der Waals surface area contributed by atoms with Gasteiger partial charge in [-0.15, -0.1) is 5.10 Å². The monoisotopic (exact) mass is 475 g/mol. The highest BCUT2D eigenvalue weighted by Crippen LogP contribution is 2.40. The smallest absolute Gasteiger partial charge is 0.248 e. The van der Waals surface area contributed by atoms with Gasteiger partial charge in [-0.1, -0.05) is 38.1 Å². The summed E-state index contributed by atoms with van der Waals surface area (Å²) in [5.41, 5.74) is 0.502. The van der Waals surface area contributed by atoms with Crippen LogP contribution in [0.3, 0.4) is 0 Å². The van der Waals surface area contributed by atoms with E-state index in [-0.39, 0.29) is 37.4 Å². The zero-order chi connectivity index (χ0) is 24.6. The lowest BCUT2D eigenvalue weighted by molar-refractivity contribution is -0.144. The van der Waals surface area contributed by atoms with E-state index < -0.39 is 41.1 Å². The van der Waals surface area contributed by atoms with Crippen LogP contribution in [-0.4, -0.2) is 62.0 Å². The van der Waals surface area contributed by atoms with Gasteiger partial charge in [0.15, 0.2) is 11.6 Å². The molecule has 2 heterocycles. The maximum atomic E-state index is 13.9. The molecule has 2 N–H and O–H groups in total. The molecular formula is C24H31F2N5O3. The average molecular weight is 476 g/mol. The van der Waals surface area contributed by atoms with Gasteiger partial charge >= 0.3 is 0 Å². The van der Waals surface area contributed by atoms with E-state index in [1.165, 1.54) is 17.0 Å². The van der Waals surface area contributed by atoms with Crippen LogP contribution in [0.4, 0.5) is 8.78 Å². The van der Waals surface area contributed by atoms with Crippen LogP contribution in [-0.2, 0) is 16.0 Å². The molecule has 1 aromatic carbocycles. The van der Waals surface area contributed by atoms with Gasteiger partial charge in [0, 0.05) is 31.6 Å². The molecule has 2 amide bonds. The Kier molecular flexibility index (Phi) is 6.71. The lowest BCUT2D eigenvalue weighted by Gasteiger charge is -2.34. The van der Waals surface area contributed by atoms with Gasteiger partial charge in [0.05, 0.1) is 11.8 Å². The lowest BCUT2D eigenvalue weighted by Crippen LogP contribution is -2.50. The summed E-state index contributed by atoms with van der Waals surface area (Å²) in [6.45, 7) is 5.87. The third-order valence-electron chi connectivity index (χ3n) is 6.43. The van der Waals surface area contributed by atoms with Crippen LogP contribution in [0.2, 0.25) is 0 Å². The molecule has 1 saturated heterocycles. The molecular weight excluding hydrogens is 444 g/mol. The van der Waals surface area contributed by atoms with E-state index in [2.05, 4.69) is 15.6 Å². The van der Waals surface area contributed by atoms with Crippen molar-refractivity contribution in [1.29, 1.82) is 0 Å². The van der Waals surface area contributed by atoms with Crippen molar-refractivity contribution in [3.63, 3.8) is 0 Å². The third-order valence-corrected chi connectivity index (χ3v) is 6.43. The molecule has 1 aromatic heterocycles. The van der Waals surface area contributed by atoms with E-state index >= 15 is 0 Å². The highest BCUT2D eigenvalue weighted by Gasteiger charge is 2.45. The third kappa shape index (κ3) is 5.11. The number of β-amino-alcohol motifs (C(OH)–C–C–N with tert-alkyl or cyclic N) is 1. The van der Waals surface area contributed by atoms with Crippen LogP contribution in [0, 0.1) is 17.0 Å². The van der Waals surface area contributed by atoms with Gasteiger partial charge in [-0.2, -0.15) is 0 Å². The fourth-order valence-electron chi connectivity index (χ4n) is 4.51. The minimum Gasteiger partial charge on any atom is -0.391 e. The first-order chi connectivity index (χ1) is 16.1. The number of carbonyl (C=O) groups is 2. The number of rotatable bonds is 7. The molecule has 2 fully saturated rings. The number of hydrogen-bond acceptors (Lipinski definition) is 5. The number of aliphatic hydroxyl groups excluding tert-OH is 1. The number of likely N-dealkylation sites (tertiary alicyclic amines) is 1. The van der Waals surface area contributed by atoms with E-state index in [0.29, 0.717) is 5.92 Å². The summed E-state index contributed by atoms with van der Waals surface area (Å²) in [7, 11) is 0. The molecule has 34 heavy (non-hydrogen) atoms. The summed E-state index contributed by atoms with van der Waals surface area (Å²) in [5.74, 6) is -2.24. The van der Waals surface area contributed by atoms with Crippen LogP contribution < -0.4 is 5.32 Å². The van der Waals surface area contributed by atoms with Gasteiger partial charge in [0.25, 0.3) is 0 Å². The maximum Gasteiger partial charge on any atom is 0.248 e. The first kappa shape index (κ1) is 24.3. The van der Waals surface area contributed by atoms with Crippen molar-refractivity contribution in [1.82, 2.24) is 25.2 Å². The second-order valence-electron chi connectivity index (χ2n) is 10.3. The molecule has 1 saturated carbocycles. The number of amides is 2. The van der Waals surface area contributed by atoms with E-state index in [4.69, 9.17) is 0 Å². The van der Waals surface area contributed by atoms with Gasteiger partial charge in [-0.05, 0) is 36.3 Å². The van der Waals surface area contributed by atoms with Crippen LogP contribution in [0.25, 0.3) is 0 Å². The summed E-state index contributed by atoms with van der Waals surface area (Å²) in [4.78, 5) is 28.0. The van der Waals surface area contributed by atoms with Crippen molar-refractivity contribution in [2.75, 3.05) is 13.1 Å². The normalized spacial score (nSPS) is 21.5. The summed E-state index contributed by atoms with van der Waals surface area (Å²) in [6, 6.07) is 2.34. The van der Waals surface area contributed by atoms with E-state index in [0.717, 1.165) is 24.6 Å². The van der Waals surface area contributed by atoms with Crippen molar-refractivity contribution >= 4 is 11.8 Å². The standard InChI is InChI=1S/C24H31F2N5O3/c1-24(2,3)21(31-13-18(28-29-31)14-7-8-14)23(34)30-12-16(32)11-19(30)22(33)27-10-9-15-5-4-6-17(25)20(15)26/h4-6,13-14,16,19,21,32H,7-12H2,1-3H3,(H,27,33)/t16?,19?,21-/m1/s1. The Morgan fingerprint density at radius 2 is 2.00 bits per heavy atom. The number of benzene rings is 1. The quantitative estimate of drug-likeness (QED) is 0.640. The second-order valence-corrected chi connectivity index (χ2v) is 10.3. The molecule has 8 nitrogen and oxygen atoms in total. The first-order valence-corrected chi connectivity index (χ1v) is 11.7. The number of nitrogens with zero attached hydrogens (tertiary/aromatic N) is 4. The zero-order valence-electron chi connectivity index (χ0n) is 19.7. The minimum atomic E-state index is -0.939. The van der Waals surface area contributed by atoms with Crippen LogP contribution in [0.1, 0.15) is 63.3 Å². The predicted molar refractivity (Wildman–Crippen MR) is 120 cm³/mol. The van der Waals surface area contributed by atoms with Crippen molar-refractivity contribution in [3.05, 3.63) is 47.3 Å². The molecule has 1 aliphatic carbocycles. The molecule has 0 radical (unpaired) electrons. The number of halogens is 2. The number of aromatic nitrogens is 3. The number of aliphatic hydroxyl groups is 1. The molecule has 3 atom stereocenters. The lowest BCUT2D eigenvalue weighted by atomic mass is 9.85. The Labute approximate surface area is 197 Å². The fraction of sp³-hybridized carbons (Fsp3) is 0.583. The summed E-state index contributed by atoms with van der Waals surface area (Å²) in [5, 5.41) is 21.4. The summed E-state index contributed by atoms with van der Waals surface area (Å²) >= 11 is 0. The average Bonchev–Trinajstić information content (AvgIpc) is 3.37. The second kappa shape index (κ2) is 9.40. The zero-order valence-corrected chi connectivity index (χ0v) is 19.7. The van der Waals surface area contributed by atoms with Crippen LogP contribution >= 0.6 is 0 Å². The topological polar surface area (TPSA) is 100 Å². The predicted octanol–water partition coefficient (Wildman–Crippen LogP) is 2.34. The summed E-state index contributed by atoms with van der Waals surface area (Å²) in [6.07, 6.45) is 3.30. The van der Waals surface area contributed by atoms with Gasteiger partial charge in [0.1, 0.15) is 12.1 Å².